The van der Waals surface area contributed by atoms with Gasteiger partial charge in [0.15, 0.2) is 0 Å². The van der Waals surface area contributed by atoms with Gasteiger partial charge in [-0.15, -0.1) is 0 Å². The molecule has 0 radical (unpaired) electrons. The summed E-state index contributed by atoms with van der Waals surface area (Å²) in [7, 11) is 0. The highest BCUT2D eigenvalue weighted by molar-refractivity contribution is 5.61. The molecule has 2 aromatic rings. The molecule has 17 heavy (non-hydrogen) atoms. The number of nitrogens with two attached hydrogens (primary N) is 1. The minimum absolute atomic E-state index is 0.487. The second-order valence-corrected chi connectivity index (χ2v) is 4.08. The van der Waals surface area contributed by atoms with Crippen molar-refractivity contribution in [1.82, 2.24) is 14.5 Å². The van der Waals surface area contributed by atoms with Crippen LogP contribution in [0.5, 0.6) is 0 Å². The molecular weight excluding hydrogens is 214 g/mol. The second kappa shape index (κ2) is 4.18. The maximum absolute atomic E-state index is 5.84. The fraction of sp³-hybridized carbons (Fsp3) is 0.333. The van der Waals surface area contributed by atoms with E-state index in [1.54, 1.807) is 6.20 Å². The van der Waals surface area contributed by atoms with Gasteiger partial charge in [-0.25, -0.2) is 4.98 Å². The van der Waals surface area contributed by atoms with E-state index in [1.165, 1.54) is 0 Å². The maximum atomic E-state index is 5.84. The Morgan fingerprint density at radius 1 is 1.41 bits per heavy atom. The smallest absolute Gasteiger partial charge is 0.203 e. The standard InChI is InChI=1S/C12H15N5/c13-8-10-11(9-4-1-2-5-14-9)16-12-15-6-3-7-17(10)12/h1-2,4-5H,3,6-8,13H2,(H,15,16). The van der Waals surface area contributed by atoms with Gasteiger partial charge in [0.2, 0.25) is 5.95 Å². The third-order valence-electron chi connectivity index (χ3n) is 3.02. The van der Waals surface area contributed by atoms with Crippen molar-refractivity contribution in [3.05, 3.63) is 30.1 Å². The number of fused-ring (bicyclic) bond motifs is 1. The number of anilines is 1. The molecule has 1 aliphatic heterocycles. The minimum atomic E-state index is 0.487. The summed E-state index contributed by atoms with van der Waals surface area (Å²) in [4.78, 5) is 8.94. The fourth-order valence-electron chi connectivity index (χ4n) is 2.21. The zero-order chi connectivity index (χ0) is 11.7. The Morgan fingerprint density at radius 3 is 3.12 bits per heavy atom. The monoisotopic (exact) mass is 229 g/mol. The van der Waals surface area contributed by atoms with Crippen molar-refractivity contribution in [3.8, 4) is 11.4 Å². The Balaban J connectivity index is 2.14. The first-order valence-corrected chi connectivity index (χ1v) is 5.85. The summed E-state index contributed by atoms with van der Waals surface area (Å²) < 4.78 is 2.16. The van der Waals surface area contributed by atoms with Crippen LogP contribution in [0.2, 0.25) is 0 Å². The molecule has 2 aromatic heterocycles. The summed E-state index contributed by atoms with van der Waals surface area (Å²) in [5.41, 5.74) is 8.69. The lowest BCUT2D eigenvalue weighted by Crippen LogP contribution is -2.19. The molecule has 0 unspecified atom stereocenters. The van der Waals surface area contributed by atoms with Gasteiger partial charge in [0, 0.05) is 25.8 Å². The van der Waals surface area contributed by atoms with Crippen LogP contribution in [0, 0.1) is 0 Å². The summed E-state index contributed by atoms with van der Waals surface area (Å²) in [6.45, 7) is 2.44. The molecule has 3 heterocycles. The average Bonchev–Trinajstić information content (AvgIpc) is 2.78. The van der Waals surface area contributed by atoms with Gasteiger partial charge in [-0.1, -0.05) is 6.07 Å². The van der Waals surface area contributed by atoms with Crippen molar-refractivity contribution >= 4 is 5.95 Å². The van der Waals surface area contributed by atoms with E-state index in [4.69, 9.17) is 5.73 Å². The van der Waals surface area contributed by atoms with Crippen molar-refractivity contribution in [2.45, 2.75) is 19.5 Å². The summed E-state index contributed by atoms with van der Waals surface area (Å²) in [5, 5.41) is 3.30. The number of imidazole rings is 1. The first-order chi connectivity index (χ1) is 8.40. The van der Waals surface area contributed by atoms with Gasteiger partial charge in [-0.05, 0) is 18.6 Å². The second-order valence-electron chi connectivity index (χ2n) is 4.08. The first-order valence-electron chi connectivity index (χ1n) is 5.85. The van der Waals surface area contributed by atoms with Crippen LogP contribution < -0.4 is 11.1 Å². The Bertz CT molecular complexity index is 517. The molecule has 0 bridgehead atoms. The fourth-order valence-corrected chi connectivity index (χ4v) is 2.21. The zero-order valence-electron chi connectivity index (χ0n) is 9.56. The number of nitrogens with one attached hydrogen (secondary N) is 1. The van der Waals surface area contributed by atoms with Gasteiger partial charge < -0.3 is 15.6 Å². The Labute approximate surface area is 99.7 Å². The maximum Gasteiger partial charge on any atom is 0.203 e. The van der Waals surface area contributed by atoms with Crippen LogP contribution in [-0.4, -0.2) is 21.1 Å². The third-order valence-corrected chi connectivity index (χ3v) is 3.02. The summed E-state index contributed by atoms with van der Waals surface area (Å²) >= 11 is 0. The highest BCUT2D eigenvalue weighted by Gasteiger charge is 2.19. The van der Waals surface area contributed by atoms with E-state index in [9.17, 15) is 0 Å². The van der Waals surface area contributed by atoms with Crippen LogP contribution in [-0.2, 0) is 13.1 Å². The van der Waals surface area contributed by atoms with Gasteiger partial charge >= 0.3 is 0 Å². The van der Waals surface area contributed by atoms with Crippen molar-refractivity contribution in [2.24, 2.45) is 5.73 Å². The molecule has 0 fully saturated rings. The Hall–Kier alpha value is -1.88. The zero-order valence-corrected chi connectivity index (χ0v) is 9.56. The van der Waals surface area contributed by atoms with E-state index in [1.807, 2.05) is 18.2 Å². The summed E-state index contributed by atoms with van der Waals surface area (Å²) in [6.07, 6.45) is 2.89. The molecule has 0 atom stereocenters. The molecule has 0 spiro atoms. The quantitative estimate of drug-likeness (QED) is 0.812. The van der Waals surface area contributed by atoms with Crippen LogP contribution in [0.25, 0.3) is 11.4 Å². The van der Waals surface area contributed by atoms with Crippen LogP contribution in [0.1, 0.15) is 12.1 Å². The number of hydrogen-bond acceptors (Lipinski definition) is 4. The van der Waals surface area contributed by atoms with Crippen molar-refractivity contribution in [1.29, 1.82) is 0 Å². The molecule has 0 amide bonds. The highest BCUT2D eigenvalue weighted by atomic mass is 15.2. The van der Waals surface area contributed by atoms with Gasteiger partial charge in [0.1, 0.15) is 5.69 Å². The lowest BCUT2D eigenvalue weighted by molar-refractivity contribution is 0.604. The normalized spacial score (nSPS) is 14.2. The third kappa shape index (κ3) is 1.68. The molecule has 3 N–H and O–H groups in total. The van der Waals surface area contributed by atoms with Crippen molar-refractivity contribution in [3.63, 3.8) is 0 Å². The molecule has 88 valence electrons. The number of rotatable bonds is 2. The predicted octanol–water partition coefficient (Wildman–Crippen LogP) is 1.22. The largest absolute Gasteiger partial charge is 0.356 e. The number of hydrogen-bond donors (Lipinski definition) is 2. The average molecular weight is 229 g/mol. The number of nitrogens with zero attached hydrogens (tertiary/aromatic N) is 3. The minimum Gasteiger partial charge on any atom is -0.356 e. The Kier molecular flexibility index (Phi) is 2.53. The molecule has 3 rings (SSSR count). The molecule has 1 aliphatic rings. The molecule has 0 aliphatic carbocycles. The molecule has 0 aromatic carbocycles. The van der Waals surface area contributed by atoms with Gasteiger partial charge in [0.25, 0.3) is 0 Å². The molecule has 0 saturated carbocycles. The van der Waals surface area contributed by atoms with Crippen molar-refractivity contribution in [2.75, 3.05) is 11.9 Å². The Morgan fingerprint density at radius 2 is 2.35 bits per heavy atom. The van der Waals surface area contributed by atoms with Gasteiger partial charge in [-0.2, -0.15) is 0 Å². The lowest BCUT2D eigenvalue weighted by Gasteiger charge is -2.17. The predicted molar refractivity (Wildman–Crippen MR) is 66.5 cm³/mol. The van der Waals surface area contributed by atoms with Crippen LogP contribution >= 0.6 is 0 Å². The van der Waals surface area contributed by atoms with E-state index in [0.717, 1.165) is 42.5 Å². The van der Waals surface area contributed by atoms with Crippen LogP contribution in [0.3, 0.4) is 0 Å². The van der Waals surface area contributed by atoms with E-state index < -0.39 is 0 Å². The molecule has 5 nitrogen and oxygen atoms in total. The van der Waals surface area contributed by atoms with Crippen LogP contribution in [0.4, 0.5) is 5.95 Å². The SMILES string of the molecule is NCc1c(-c2ccccn2)nc2n1CCCN2. The molecule has 0 saturated heterocycles. The van der Waals surface area contributed by atoms with E-state index in [2.05, 4.69) is 19.9 Å². The molecular formula is C12H15N5. The topological polar surface area (TPSA) is 68.8 Å². The van der Waals surface area contributed by atoms with E-state index in [0.29, 0.717) is 6.54 Å². The summed E-state index contributed by atoms with van der Waals surface area (Å²) in [6, 6.07) is 5.84. The number of aromatic nitrogens is 3. The van der Waals surface area contributed by atoms with Gasteiger partial charge in [0.05, 0.1) is 11.4 Å². The highest BCUT2D eigenvalue weighted by Crippen LogP contribution is 2.26. The molecule has 5 heteroatoms. The summed E-state index contributed by atoms with van der Waals surface area (Å²) in [5.74, 6) is 0.914. The lowest BCUT2D eigenvalue weighted by atomic mass is 10.2. The van der Waals surface area contributed by atoms with Crippen LogP contribution in [0.15, 0.2) is 24.4 Å². The first kappa shape index (κ1) is 10.3. The van der Waals surface area contributed by atoms with E-state index in [-0.39, 0.29) is 0 Å². The van der Waals surface area contributed by atoms with Gasteiger partial charge in [-0.3, -0.25) is 4.98 Å². The van der Waals surface area contributed by atoms with Crippen molar-refractivity contribution < 1.29 is 0 Å². The van der Waals surface area contributed by atoms with E-state index >= 15 is 0 Å². The number of pyridine rings is 1.